The van der Waals surface area contributed by atoms with Crippen LogP contribution in [-0.4, -0.2) is 22.0 Å². The highest BCUT2D eigenvalue weighted by atomic mass is 35.5. The van der Waals surface area contributed by atoms with Gasteiger partial charge in [-0.2, -0.15) is 0 Å². The van der Waals surface area contributed by atoms with E-state index in [1.807, 2.05) is 53.4 Å². The molecule has 1 saturated carbocycles. The van der Waals surface area contributed by atoms with E-state index in [4.69, 9.17) is 28.2 Å². The molecule has 1 aliphatic heterocycles. The Morgan fingerprint density at radius 3 is 2.59 bits per heavy atom. The third-order valence-electron chi connectivity index (χ3n) is 5.48. The van der Waals surface area contributed by atoms with Gasteiger partial charge in [0, 0.05) is 6.04 Å². The first kappa shape index (κ1) is 20.5. The van der Waals surface area contributed by atoms with Gasteiger partial charge in [-0.3, -0.25) is 9.69 Å². The average molecular weight is 445 g/mol. The van der Waals surface area contributed by atoms with Crippen LogP contribution in [0.25, 0.3) is 6.08 Å². The van der Waals surface area contributed by atoms with Gasteiger partial charge in [0.15, 0.2) is 5.17 Å². The van der Waals surface area contributed by atoms with Gasteiger partial charge in [-0.15, -0.1) is 0 Å². The first-order valence-electron chi connectivity index (χ1n) is 9.85. The molecule has 0 unspecified atom stereocenters. The average Bonchev–Trinajstić information content (AvgIpc) is 3.01. The molecule has 0 spiro atoms. The van der Waals surface area contributed by atoms with Crippen molar-refractivity contribution in [3.8, 4) is 0 Å². The van der Waals surface area contributed by atoms with Crippen molar-refractivity contribution in [2.24, 2.45) is 10.9 Å². The van der Waals surface area contributed by atoms with E-state index in [0.717, 1.165) is 35.7 Å². The minimum atomic E-state index is -0.000488. The third-order valence-corrected chi connectivity index (χ3v) is 7.30. The first-order valence-corrected chi connectivity index (χ1v) is 11.4. The number of rotatable bonds is 3. The van der Waals surface area contributed by atoms with Crippen LogP contribution in [0.15, 0.2) is 58.4 Å². The molecule has 1 heterocycles. The number of halogens is 2. The third kappa shape index (κ3) is 4.40. The molecule has 0 radical (unpaired) electrons. The lowest BCUT2D eigenvalue weighted by Crippen LogP contribution is -2.44. The van der Waals surface area contributed by atoms with E-state index < -0.39 is 0 Å². The topological polar surface area (TPSA) is 32.7 Å². The summed E-state index contributed by atoms with van der Waals surface area (Å²) in [7, 11) is 0. The summed E-state index contributed by atoms with van der Waals surface area (Å²) in [4.78, 5) is 20.8. The Balaban J connectivity index is 1.74. The second-order valence-electron chi connectivity index (χ2n) is 7.49. The van der Waals surface area contributed by atoms with Crippen LogP contribution in [0.1, 0.15) is 38.2 Å². The molecule has 1 saturated heterocycles. The highest BCUT2D eigenvalue weighted by molar-refractivity contribution is 8.18. The smallest absolute Gasteiger partial charge is 0.267 e. The van der Waals surface area contributed by atoms with Crippen LogP contribution in [0, 0.1) is 5.92 Å². The van der Waals surface area contributed by atoms with Crippen LogP contribution >= 0.6 is 35.0 Å². The fraction of sp³-hybridized carbons (Fsp3) is 0.304. The molecule has 2 aromatic carbocycles. The Kier molecular flexibility index (Phi) is 6.33. The van der Waals surface area contributed by atoms with E-state index >= 15 is 0 Å². The molecule has 2 aromatic rings. The van der Waals surface area contributed by atoms with Crippen molar-refractivity contribution in [3.63, 3.8) is 0 Å². The van der Waals surface area contributed by atoms with Crippen molar-refractivity contribution < 1.29 is 4.79 Å². The number of nitrogens with zero attached hydrogens (tertiary/aromatic N) is 2. The number of hydrogen-bond acceptors (Lipinski definition) is 3. The molecule has 2 fully saturated rings. The predicted octanol–water partition coefficient (Wildman–Crippen LogP) is 7.18. The van der Waals surface area contributed by atoms with Crippen LogP contribution in [-0.2, 0) is 4.79 Å². The molecular weight excluding hydrogens is 423 g/mol. The lowest BCUT2D eigenvalue weighted by Gasteiger charge is -2.35. The summed E-state index contributed by atoms with van der Waals surface area (Å²) in [6, 6.07) is 15.4. The number of aliphatic imine (C=N–C) groups is 1. The monoisotopic (exact) mass is 444 g/mol. The van der Waals surface area contributed by atoms with E-state index in [2.05, 4.69) is 6.92 Å². The summed E-state index contributed by atoms with van der Waals surface area (Å²) in [5.74, 6) is 0.447. The summed E-state index contributed by atoms with van der Waals surface area (Å²) in [5.41, 5.74) is 1.59. The van der Waals surface area contributed by atoms with Crippen LogP contribution in [0.2, 0.25) is 10.0 Å². The van der Waals surface area contributed by atoms with Crippen molar-refractivity contribution in [1.29, 1.82) is 0 Å². The zero-order valence-electron chi connectivity index (χ0n) is 16.1. The summed E-state index contributed by atoms with van der Waals surface area (Å²) in [6.07, 6.45) is 6.33. The zero-order chi connectivity index (χ0) is 20.4. The van der Waals surface area contributed by atoms with Gasteiger partial charge < -0.3 is 0 Å². The van der Waals surface area contributed by atoms with Crippen molar-refractivity contribution in [1.82, 2.24) is 4.90 Å². The van der Waals surface area contributed by atoms with Gasteiger partial charge >= 0.3 is 0 Å². The number of amides is 1. The Labute approximate surface area is 185 Å². The fourth-order valence-corrected chi connectivity index (χ4v) is 5.32. The first-order chi connectivity index (χ1) is 14.0. The van der Waals surface area contributed by atoms with E-state index in [9.17, 15) is 4.79 Å². The van der Waals surface area contributed by atoms with Gasteiger partial charge in [0.25, 0.3) is 5.91 Å². The molecule has 2 atom stereocenters. The Morgan fingerprint density at radius 1 is 1.07 bits per heavy atom. The quantitative estimate of drug-likeness (QED) is 0.469. The number of benzene rings is 2. The Hall–Kier alpha value is -1.75. The molecule has 4 rings (SSSR count). The standard InChI is InChI=1S/C23H22Cl2N2OS/c1-15-8-5-6-13-19(15)27-22(28)20(14-16-9-7-12-18(24)21(16)25)29-23(27)26-17-10-3-2-4-11-17/h2-4,7,9-12,14-15,19H,5-6,8,13H2,1H3/b20-14-,26-23?/t15-,19-/m1/s1. The minimum Gasteiger partial charge on any atom is -0.283 e. The molecule has 0 aromatic heterocycles. The van der Waals surface area contributed by atoms with Crippen LogP contribution in [0.3, 0.4) is 0 Å². The van der Waals surface area contributed by atoms with Gasteiger partial charge in [0.05, 0.1) is 20.6 Å². The van der Waals surface area contributed by atoms with Gasteiger partial charge in [0.1, 0.15) is 0 Å². The normalized spacial score (nSPS) is 25.2. The lowest BCUT2D eigenvalue weighted by molar-refractivity contribution is -0.124. The van der Waals surface area contributed by atoms with Gasteiger partial charge in [-0.25, -0.2) is 4.99 Å². The maximum absolute atomic E-state index is 13.4. The van der Waals surface area contributed by atoms with Gasteiger partial charge in [0.2, 0.25) is 0 Å². The fourth-order valence-electron chi connectivity index (χ4n) is 3.92. The van der Waals surface area contributed by atoms with E-state index in [1.54, 1.807) is 6.07 Å². The van der Waals surface area contributed by atoms with Crippen molar-refractivity contribution in [2.45, 2.75) is 38.6 Å². The molecule has 3 nitrogen and oxygen atoms in total. The van der Waals surface area contributed by atoms with Gasteiger partial charge in [-0.05, 0) is 60.4 Å². The number of carbonyl (C=O) groups excluding carboxylic acids is 1. The number of amidine groups is 1. The summed E-state index contributed by atoms with van der Waals surface area (Å²) < 4.78 is 0. The number of para-hydroxylation sites is 1. The van der Waals surface area contributed by atoms with Crippen LogP contribution < -0.4 is 0 Å². The summed E-state index contributed by atoms with van der Waals surface area (Å²) in [6.45, 7) is 2.23. The number of hydrogen-bond donors (Lipinski definition) is 0. The number of carbonyl (C=O) groups is 1. The van der Waals surface area contributed by atoms with E-state index in [1.165, 1.54) is 18.2 Å². The SMILES string of the molecule is C[C@@H]1CCCC[C@H]1N1C(=O)/C(=C/c2cccc(Cl)c2Cl)SC1=Nc1ccccc1. The van der Waals surface area contributed by atoms with Crippen molar-refractivity contribution >= 4 is 57.8 Å². The molecule has 0 N–H and O–H groups in total. The maximum atomic E-state index is 13.4. The molecule has 29 heavy (non-hydrogen) atoms. The Morgan fingerprint density at radius 2 is 1.83 bits per heavy atom. The predicted molar refractivity (Wildman–Crippen MR) is 124 cm³/mol. The second kappa shape index (κ2) is 8.95. The highest BCUT2D eigenvalue weighted by Crippen LogP contribution is 2.41. The van der Waals surface area contributed by atoms with Gasteiger partial charge in [-0.1, -0.05) is 73.3 Å². The Bertz CT molecular complexity index is 974. The molecule has 1 aliphatic carbocycles. The highest BCUT2D eigenvalue weighted by Gasteiger charge is 2.41. The maximum Gasteiger partial charge on any atom is 0.267 e. The molecule has 1 amide bonds. The van der Waals surface area contributed by atoms with Crippen LogP contribution in [0.4, 0.5) is 5.69 Å². The molecule has 6 heteroatoms. The summed E-state index contributed by atoms with van der Waals surface area (Å²) >= 11 is 13.9. The van der Waals surface area contributed by atoms with Crippen LogP contribution in [0.5, 0.6) is 0 Å². The number of thioether (sulfide) groups is 1. The molecule has 150 valence electrons. The minimum absolute atomic E-state index is 0.000488. The second-order valence-corrected chi connectivity index (χ2v) is 9.28. The molecular formula is C23H22Cl2N2OS. The summed E-state index contributed by atoms with van der Waals surface area (Å²) in [5, 5.41) is 1.68. The lowest BCUT2D eigenvalue weighted by atomic mass is 9.85. The van der Waals surface area contributed by atoms with Crippen molar-refractivity contribution in [2.75, 3.05) is 0 Å². The molecule has 2 aliphatic rings. The largest absolute Gasteiger partial charge is 0.283 e. The molecule has 0 bridgehead atoms. The van der Waals surface area contributed by atoms with E-state index in [-0.39, 0.29) is 11.9 Å². The van der Waals surface area contributed by atoms with Crippen molar-refractivity contribution in [3.05, 3.63) is 69.0 Å². The van der Waals surface area contributed by atoms with E-state index in [0.29, 0.717) is 20.9 Å². The zero-order valence-corrected chi connectivity index (χ0v) is 18.5.